The molecule has 0 atom stereocenters. The fourth-order valence-electron chi connectivity index (χ4n) is 2.11. The van der Waals surface area contributed by atoms with Crippen LogP contribution in [0, 0.1) is 0 Å². The lowest BCUT2D eigenvalue weighted by atomic mass is 10.1. The Morgan fingerprint density at radius 3 is 2.71 bits per heavy atom. The van der Waals surface area contributed by atoms with Gasteiger partial charge in [-0.3, -0.25) is 4.79 Å². The Balaban J connectivity index is 2.55. The molecule has 0 saturated heterocycles. The number of rotatable bonds is 1. The Morgan fingerprint density at radius 1 is 1.18 bits per heavy atom. The number of aromatic amines is 1. The fraction of sp³-hybridized carbons (Fsp3) is 0. The zero-order valence-electron chi connectivity index (χ0n) is 8.83. The molecule has 1 aromatic heterocycles. The van der Waals surface area contributed by atoms with Crippen LogP contribution in [-0.4, -0.2) is 10.9 Å². The van der Waals surface area contributed by atoms with Gasteiger partial charge in [0.15, 0.2) is 0 Å². The molecule has 0 bridgehead atoms. The van der Waals surface area contributed by atoms with Gasteiger partial charge < -0.3 is 10.7 Å². The van der Waals surface area contributed by atoms with Gasteiger partial charge in [-0.05, 0) is 18.2 Å². The number of nitrogens with one attached hydrogen (secondary N) is 1. The molecule has 3 nitrogen and oxygen atoms in total. The van der Waals surface area contributed by atoms with E-state index < -0.39 is 5.91 Å². The Labute approximate surface area is 102 Å². The third kappa shape index (κ3) is 1.47. The van der Waals surface area contributed by atoms with Crippen molar-refractivity contribution >= 4 is 39.3 Å². The van der Waals surface area contributed by atoms with Crippen molar-refractivity contribution in [1.82, 2.24) is 4.98 Å². The van der Waals surface area contributed by atoms with Gasteiger partial charge in [-0.25, -0.2) is 0 Å². The molecule has 0 spiro atoms. The lowest BCUT2D eigenvalue weighted by molar-refractivity contribution is 0.100. The first kappa shape index (κ1) is 10.2. The second kappa shape index (κ2) is 3.50. The first-order valence-electron chi connectivity index (χ1n) is 5.16. The van der Waals surface area contributed by atoms with Crippen molar-refractivity contribution in [3.63, 3.8) is 0 Å². The van der Waals surface area contributed by atoms with Gasteiger partial charge >= 0.3 is 0 Å². The summed E-state index contributed by atoms with van der Waals surface area (Å²) in [5, 5.41) is 2.46. The molecule has 3 aromatic rings. The van der Waals surface area contributed by atoms with Gasteiger partial charge in [-0.2, -0.15) is 0 Å². The van der Waals surface area contributed by atoms with Crippen LogP contribution >= 0.6 is 11.6 Å². The van der Waals surface area contributed by atoms with Crippen molar-refractivity contribution in [3.8, 4) is 0 Å². The standard InChI is InChI=1S/C13H9ClN2O/c14-7-5-9-8-3-1-2-4-11(8)16-12(9)10(6-7)13(15)17/h1-6,16H,(H2,15,17). The number of hydrogen-bond donors (Lipinski definition) is 2. The summed E-state index contributed by atoms with van der Waals surface area (Å²) in [6, 6.07) is 11.2. The predicted molar refractivity (Wildman–Crippen MR) is 69.3 cm³/mol. The number of amides is 1. The summed E-state index contributed by atoms with van der Waals surface area (Å²) in [5.41, 5.74) is 7.48. The molecular weight excluding hydrogens is 236 g/mol. The smallest absolute Gasteiger partial charge is 0.250 e. The minimum absolute atomic E-state index is 0.420. The van der Waals surface area contributed by atoms with Crippen molar-refractivity contribution in [2.24, 2.45) is 5.73 Å². The molecule has 17 heavy (non-hydrogen) atoms. The predicted octanol–water partition coefficient (Wildman–Crippen LogP) is 3.07. The Hall–Kier alpha value is -2.00. The van der Waals surface area contributed by atoms with Gasteiger partial charge in [0.1, 0.15) is 0 Å². The fourth-order valence-corrected chi connectivity index (χ4v) is 2.33. The number of nitrogens with two attached hydrogens (primary N) is 1. The van der Waals surface area contributed by atoms with E-state index in [2.05, 4.69) is 4.98 Å². The molecule has 0 aliphatic carbocycles. The number of benzene rings is 2. The first-order valence-corrected chi connectivity index (χ1v) is 5.54. The van der Waals surface area contributed by atoms with Crippen LogP contribution in [0.15, 0.2) is 36.4 Å². The second-order valence-corrected chi connectivity index (χ2v) is 4.35. The lowest BCUT2D eigenvalue weighted by Crippen LogP contribution is -2.11. The monoisotopic (exact) mass is 244 g/mol. The maximum Gasteiger partial charge on any atom is 0.250 e. The summed E-state index contributed by atoms with van der Waals surface area (Å²) in [7, 11) is 0. The van der Waals surface area contributed by atoms with Crippen LogP contribution < -0.4 is 5.73 Å². The Kier molecular flexibility index (Phi) is 2.09. The highest BCUT2D eigenvalue weighted by atomic mass is 35.5. The zero-order chi connectivity index (χ0) is 12.0. The number of hydrogen-bond acceptors (Lipinski definition) is 1. The molecule has 84 valence electrons. The number of carbonyl (C=O) groups excluding carboxylic acids is 1. The molecule has 4 heteroatoms. The molecule has 0 aliphatic heterocycles. The molecule has 0 unspecified atom stereocenters. The van der Waals surface area contributed by atoms with Crippen LogP contribution in [0.1, 0.15) is 10.4 Å². The first-order chi connectivity index (χ1) is 8.16. The van der Waals surface area contributed by atoms with Gasteiger partial charge in [0.2, 0.25) is 0 Å². The van der Waals surface area contributed by atoms with Crippen LogP contribution in [0.5, 0.6) is 0 Å². The molecule has 3 N–H and O–H groups in total. The second-order valence-electron chi connectivity index (χ2n) is 3.91. The van der Waals surface area contributed by atoms with E-state index >= 15 is 0 Å². The molecular formula is C13H9ClN2O. The van der Waals surface area contributed by atoms with E-state index in [-0.39, 0.29) is 0 Å². The van der Waals surface area contributed by atoms with Crippen LogP contribution in [0.2, 0.25) is 5.02 Å². The van der Waals surface area contributed by atoms with Gasteiger partial charge in [-0.15, -0.1) is 0 Å². The molecule has 3 rings (SSSR count). The van der Waals surface area contributed by atoms with E-state index in [9.17, 15) is 4.79 Å². The average Bonchev–Trinajstić information content (AvgIpc) is 2.66. The number of halogens is 1. The van der Waals surface area contributed by atoms with Crippen LogP contribution in [-0.2, 0) is 0 Å². The summed E-state index contributed by atoms with van der Waals surface area (Å²) in [5.74, 6) is -0.482. The highest BCUT2D eigenvalue weighted by Gasteiger charge is 2.12. The van der Waals surface area contributed by atoms with Crippen LogP contribution in [0.4, 0.5) is 0 Å². The van der Waals surface area contributed by atoms with E-state index in [1.165, 1.54) is 0 Å². The zero-order valence-corrected chi connectivity index (χ0v) is 9.58. The van der Waals surface area contributed by atoms with Crippen LogP contribution in [0.25, 0.3) is 21.8 Å². The maximum atomic E-state index is 11.4. The summed E-state index contributed by atoms with van der Waals surface area (Å²) in [6.07, 6.45) is 0. The van der Waals surface area contributed by atoms with E-state index in [0.29, 0.717) is 10.6 Å². The summed E-state index contributed by atoms with van der Waals surface area (Å²) in [4.78, 5) is 14.6. The van der Waals surface area contributed by atoms with Crippen LogP contribution in [0.3, 0.4) is 0 Å². The van der Waals surface area contributed by atoms with Crippen molar-refractivity contribution in [2.75, 3.05) is 0 Å². The molecule has 2 aromatic carbocycles. The average molecular weight is 245 g/mol. The lowest BCUT2D eigenvalue weighted by Gasteiger charge is -1.99. The van der Waals surface area contributed by atoms with Gasteiger partial charge in [0, 0.05) is 21.3 Å². The van der Waals surface area contributed by atoms with Crippen molar-refractivity contribution in [1.29, 1.82) is 0 Å². The molecule has 1 heterocycles. The number of para-hydroxylation sites is 1. The summed E-state index contributed by atoms with van der Waals surface area (Å²) in [6.45, 7) is 0. The highest BCUT2D eigenvalue weighted by molar-refractivity contribution is 6.33. The third-order valence-electron chi connectivity index (χ3n) is 2.85. The Morgan fingerprint density at radius 2 is 1.94 bits per heavy atom. The summed E-state index contributed by atoms with van der Waals surface area (Å²) >= 11 is 6.00. The molecule has 0 aliphatic rings. The van der Waals surface area contributed by atoms with Crippen molar-refractivity contribution in [3.05, 3.63) is 47.0 Å². The van der Waals surface area contributed by atoms with Gasteiger partial charge in [-0.1, -0.05) is 29.8 Å². The van der Waals surface area contributed by atoms with Gasteiger partial charge in [0.25, 0.3) is 5.91 Å². The molecule has 0 fully saturated rings. The number of carbonyl (C=O) groups is 1. The molecule has 1 amide bonds. The van der Waals surface area contributed by atoms with E-state index in [0.717, 1.165) is 21.8 Å². The largest absolute Gasteiger partial charge is 0.366 e. The van der Waals surface area contributed by atoms with Gasteiger partial charge in [0.05, 0.1) is 11.1 Å². The minimum Gasteiger partial charge on any atom is -0.366 e. The molecule has 0 radical (unpaired) electrons. The van der Waals surface area contributed by atoms with Crippen molar-refractivity contribution < 1.29 is 4.79 Å². The van der Waals surface area contributed by atoms with Crippen molar-refractivity contribution in [2.45, 2.75) is 0 Å². The van der Waals surface area contributed by atoms with E-state index in [4.69, 9.17) is 17.3 Å². The number of H-pyrrole nitrogens is 1. The number of fused-ring (bicyclic) bond motifs is 3. The summed E-state index contributed by atoms with van der Waals surface area (Å²) < 4.78 is 0. The highest BCUT2D eigenvalue weighted by Crippen LogP contribution is 2.30. The van der Waals surface area contributed by atoms with E-state index in [1.54, 1.807) is 6.07 Å². The molecule has 0 saturated carbocycles. The Bertz CT molecular complexity index is 746. The van der Waals surface area contributed by atoms with E-state index in [1.807, 2.05) is 30.3 Å². The third-order valence-corrected chi connectivity index (χ3v) is 3.06. The normalized spacial score (nSPS) is 11.1. The maximum absolute atomic E-state index is 11.4. The topological polar surface area (TPSA) is 58.9 Å². The number of aromatic nitrogens is 1. The number of primary amides is 1. The quantitative estimate of drug-likeness (QED) is 0.679. The minimum atomic E-state index is -0.482. The SMILES string of the molecule is NC(=O)c1cc(Cl)cc2c1[nH]c1ccccc12.